The summed E-state index contributed by atoms with van der Waals surface area (Å²) < 4.78 is 6.88. The SMILES string of the molecule is Cc1cc(-c2ccc(C=NNc3nncn3N)o2)c(C)c([N+](=O)[O-])c1. The standard InChI is InChI=1S/C15H15N7O3/c1-9-5-12(10(2)13(6-9)22(23)24)14-4-3-11(25-14)7-17-19-15-20-18-8-21(15)16/h3-8H,16H2,1-2H3,(H,19,20). The molecule has 10 heteroatoms. The minimum absolute atomic E-state index is 0.0607. The van der Waals surface area contributed by atoms with Gasteiger partial charge in [-0.05, 0) is 37.6 Å². The van der Waals surface area contributed by atoms with Crippen molar-refractivity contribution in [3.05, 3.63) is 57.6 Å². The van der Waals surface area contributed by atoms with Crippen molar-refractivity contribution in [3.8, 4) is 11.3 Å². The van der Waals surface area contributed by atoms with Crippen LogP contribution in [0.1, 0.15) is 16.9 Å². The summed E-state index contributed by atoms with van der Waals surface area (Å²) in [6.45, 7) is 3.49. The molecule has 1 aromatic carbocycles. The van der Waals surface area contributed by atoms with Gasteiger partial charge in [-0.3, -0.25) is 10.1 Å². The quantitative estimate of drug-likeness (QED) is 0.314. The minimum atomic E-state index is -0.399. The Labute approximate surface area is 142 Å². The number of nitrogens with zero attached hydrogens (tertiary/aromatic N) is 5. The van der Waals surface area contributed by atoms with Crippen LogP contribution in [0.25, 0.3) is 11.3 Å². The summed E-state index contributed by atoms with van der Waals surface area (Å²) in [6, 6.07) is 6.83. The number of nitrogens with two attached hydrogens (primary N) is 1. The van der Waals surface area contributed by atoms with Crippen LogP contribution in [-0.4, -0.2) is 26.0 Å². The van der Waals surface area contributed by atoms with Crippen molar-refractivity contribution >= 4 is 17.9 Å². The molecule has 3 aromatic rings. The number of hydrazone groups is 1. The average Bonchev–Trinajstić information content (AvgIpc) is 3.19. The van der Waals surface area contributed by atoms with E-state index in [1.54, 1.807) is 26.0 Å². The second-order valence-electron chi connectivity index (χ2n) is 5.35. The lowest BCUT2D eigenvalue weighted by Gasteiger charge is -2.05. The molecule has 0 amide bonds. The lowest BCUT2D eigenvalue weighted by molar-refractivity contribution is -0.385. The van der Waals surface area contributed by atoms with Crippen molar-refractivity contribution in [1.29, 1.82) is 0 Å². The maximum absolute atomic E-state index is 11.2. The number of nitrogens with one attached hydrogen (secondary N) is 1. The predicted molar refractivity (Wildman–Crippen MR) is 91.7 cm³/mol. The highest BCUT2D eigenvalue weighted by Gasteiger charge is 2.18. The van der Waals surface area contributed by atoms with Gasteiger partial charge in [-0.15, -0.1) is 10.2 Å². The van der Waals surface area contributed by atoms with Gasteiger partial charge in [0, 0.05) is 17.2 Å². The summed E-state index contributed by atoms with van der Waals surface area (Å²) >= 11 is 0. The molecule has 10 nitrogen and oxygen atoms in total. The molecule has 0 saturated heterocycles. The molecule has 0 aliphatic rings. The molecule has 2 aromatic heterocycles. The van der Waals surface area contributed by atoms with E-state index in [2.05, 4.69) is 20.7 Å². The topological polar surface area (TPSA) is 137 Å². The van der Waals surface area contributed by atoms with Crippen molar-refractivity contribution in [2.75, 3.05) is 11.3 Å². The Morgan fingerprint density at radius 3 is 2.88 bits per heavy atom. The maximum atomic E-state index is 11.2. The highest BCUT2D eigenvalue weighted by atomic mass is 16.6. The lowest BCUT2D eigenvalue weighted by atomic mass is 10.0. The first-order valence-electron chi connectivity index (χ1n) is 7.25. The molecule has 0 fully saturated rings. The van der Waals surface area contributed by atoms with Crippen LogP contribution in [-0.2, 0) is 0 Å². The average molecular weight is 341 g/mol. The number of anilines is 1. The highest BCUT2D eigenvalue weighted by molar-refractivity contribution is 5.78. The van der Waals surface area contributed by atoms with Gasteiger partial charge >= 0.3 is 0 Å². The van der Waals surface area contributed by atoms with E-state index >= 15 is 0 Å². The molecule has 0 atom stereocenters. The van der Waals surface area contributed by atoms with Gasteiger partial charge in [0.1, 0.15) is 17.8 Å². The molecule has 0 aliphatic carbocycles. The Morgan fingerprint density at radius 2 is 2.20 bits per heavy atom. The summed E-state index contributed by atoms with van der Waals surface area (Å²) in [5, 5.41) is 22.4. The normalized spacial score (nSPS) is 11.1. The van der Waals surface area contributed by atoms with E-state index in [9.17, 15) is 10.1 Å². The lowest BCUT2D eigenvalue weighted by Crippen LogP contribution is -2.10. The Morgan fingerprint density at radius 1 is 1.40 bits per heavy atom. The van der Waals surface area contributed by atoms with E-state index in [1.807, 2.05) is 6.07 Å². The molecule has 25 heavy (non-hydrogen) atoms. The zero-order valence-corrected chi connectivity index (χ0v) is 13.5. The first-order valence-corrected chi connectivity index (χ1v) is 7.25. The first-order chi connectivity index (χ1) is 12.0. The minimum Gasteiger partial charge on any atom is -0.455 e. The maximum Gasteiger partial charge on any atom is 0.273 e. The second kappa shape index (κ2) is 6.43. The molecule has 2 heterocycles. The Bertz CT molecular complexity index is 958. The van der Waals surface area contributed by atoms with Crippen LogP contribution in [0.3, 0.4) is 0 Å². The number of aryl methyl sites for hydroxylation is 1. The molecule has 0 bridgehead atoms. The number of nitrogen functional groups attached to an aromatic ring is 1. The first kappa shape index (κ1) is 16.2. The van der Waals surface area contributed by atoms with Crippen molar-refractivity contribution < 1.29 is 9.34 Å². The third-order valence-electron chi connectivity index (χ3n) is 3.54. The molecule has 0 unspecified atom stereocenters. The largest absolute Gasteiger partial charge is 0.455 e. The molecule has 0 saturated carbocycles. The van der Waals surface area contributed by atoms with Crippen molar-refractivity contribution in [3.63, 3.8) is 0 Å². The van der Waals surface area contributed by atoms with E-state index < -0.39 is 4.92 Å². The number of nitro benzene ring substituents is 1. The molecule has 0 radical (unpaired) electrons. The molecule has 3 rings (SSSR count). The summed E-state index contributed by atoms with van der Waals surface area (Å²) in [5.41, 5.74) is 4.67. The number of nitro groups is 1. The summed E-state index contributed by atoms with van der Waals surface area (Å²) in [7, 11) is 0. The zero-order chi connectivity index (χ0) is 18.0. The van der Waals surface area contributed by atoms with Gasteiger partial charge in [0.05, 0.1) is 11.1 Å². The third kappa shape index (κ3) is 3.32. The van der Waals surface area contributed by atoms with Gasteiger partial charge in [-0.2, -0.15) is 5.10 Å². The number of aromatic nitrogens is 3. The van der Waals surface area contributed by atoms with Crippen LogP contribution in [0.15, 0.2) is 40.1 Å². The number of hydrogen-bond donors (Lipinski definition) is 2. The molecule has 0 aliphatic heterocycles. The Kier molecular flexibility index (Phi) is 4.16. The monoisotopic (exact) mass is 341 g/mol. The molecular formula is C15H15N7O3. The number of benzene rings is 1. The van der Waals surface area contributed by atoms with E-state index in [0.717, 1.165) is 5.56 Å². The molecule has 128 valence electrons. The van der Waals surface area contributed by atoms with E-state index in [-0.39, 0.29) is 11.6 Å². The number of hydrogen-bond acceptors (Lipinski definition) is 8. The van der Waals surface area contributed by atoms with Gasteiger partial charge in [0.25, 0.3) is 11.6 Å². The van der Waals surface area contributed by atoms with Gasteiger partial charge < -0.3 is 10.3 Å². The highest BCUT2D eigenvalue weighted by Crippen LogP contribution is 2.32. The number of rotatable bonds is 5. The van der Waals surface area contributed by atoms with Crippen LogP contribution < -0.4 is 11.3 Å². The second-order valence-corrected chi connectivity index (χ2v) is 5.35. The predicted octanol–water partition coefficient (Wildman–Crippen LogP) is 2.22. The van der Waals surface area contributed by atoms with Gasteiger partial charge in [-0.25, -0.2) is 10.1 Å². The summed E-state index contributed by atoms with van der Waals surface area (Å²) in [4.78, 5) is 10.8. The third-order valence-corrected chi connectivity index (χ3v) is 3.54. The van der Waals surface area contributed by atoms with Crippen molar-refractivity contribution in [2.45, 2.75) is 13.8 Å². The molecule has 0 spiro atoms. The molecular weight excluding hydrogens is 326 g/mol. The Hall–Kier alpha value is -3.69. The van der Waals surface area contributed by atoms with E-state index in [4.69, 9.17) is 10.3 Å². The van der Waals surface area contributed by atoms with Gasteiger partial charge in [0.15, 0.2) is 0 Å². The fraction of sp³-hybridized carbons (Fsp3) is 0.133. The summed E-state index contributed by atoms with van der Waals surface area (Å²) in [5.74, 6) is 6.81. The fourth-order valence-corrected chi connectivity index (χ4v) is 2.33. The smallest absolute Gasteiger partial charge is 0.273 e. The number of furan rings is 1. The van der Waals surface area contributed by atoms with Gasteiger partial charge in [0.2, 0.25) is 0 Å². The van der Waals surface area contributed by atoms with E-state index in [1.165, 1.54) is 23.3 Å². The summed E-state index contributed by atoms with van der Waals surface area (Å²) in [6.07, 6.45) is 2.77. The zero-order valence-electron chi connectivity index (χ0n) is 13.5. The van der Waals surface area contributed by atoms with E-state index in [0.29, 0.717) is 22.6 Å². The van der Waals surface area contributed by atoms with Crippen molar-refractivity contribution in [2.24, 2.45) is 5.10 Å². The Balaban J connectivity index is 1.84. The molecule has 3 N–H and O–H groups in total. The van der Waals surface area contributed by atoms with Crippen molar-refractivity contribution in [1.82, 2.24) is 14.9 Å². The van der Waals surface area contributed by atoms with Gasteiger partial charge in [-0.1, -0.05) is 0 Å². The van der Waals surface area contributed by atoms with Crippen LogP contribution in [0.5, 0.6) is 0 Å². The van der Waals surface area contributed by atoms with Crippen LogP contribution in [0.2, 0.25) is 0 Å². The fourth-order valence-electron chi connectivity index (χ4n) is 2.33. The van der Waals surface area contributed by atoms with Crippen LogP contribution in [0.4, 0.5) is 11.6 Å². The van der Waals surface area contributed by atoms with Crippen LogP contribution >= 0.6 is 0 Å². The van der Waals surface area contributed by atoms with Crippen LogP contribution in [0, 0.1) is 24.0 Å².